The molecular formula is C20H27IN4O3. The zero-order chi connectivity index (χ0) is 19.5. The number of aliphatic imine (C=N–C) groups is 1. The van der Waals surface area contributed by atoms with Crippen molar-refractivity contribution in [3.63, 3.8) is 0 Å². The first-order chi connectivity index (χ1) is 13.1. The summed E-state index contributed by atoms with van der Waals surface area (Å²) >= 11 is 0. The molecule has 0 heterocycles. The van der Waals surface area contributed by atoms with Gasteiger partial charge in [-0.1, -0.05) is 24.3 Å². The van der Waals surface area contributed by atoms with Crippen LogP contribution in [0.1, 0.15) is 11.1 Å². The third-order valence-electron chi connectivity index (χ3n) is 3.83. The molecule has 2 aromatic carbocycles. The van der Waals surface area contributed by atoms with Gasteiger partial charge in [-0.15, -0.1) is 24.0 Å². The number of guanidine groups is 1. The minimum Gasteiger partial charge on any atom is -0.497 e. The van der Waals surface area contributed by atoms with Crippen LogP contribution in [0.5, 0.6) is 11.5 Å². The average Bonchev–Trinajstić information content (AvgIpc) is 2.69. The summed E-state index contributed by atoms with van der Waals surface area (Å²) in [6.45, 7) is 1.20. The van der Waals surface area contributed by atoms with Crippen LogP contribution in [0.3, 0.4) is 0 Å². The summed E-state index contributed by atoms with van der Waals surface area (Å²) in [7, 11) is 3.39. The van der Waals surface area contributed by atoms with Crippen molar-refractivity contribution < 1.29 is 14.3 Å². The fourth-order valence-corrected chi connectivity index (χ4v) is 2.42. The van der Waals surface area contributed by atoms with Crippen LogP contribution in [0, 0.1) is 0 Å². The van der Waals surface area contributed by atoms with E-state index >= 15 is 0 Å². The van der Waals surface area contributed by atoms with Crippen molar-refractivity contribution in [3.05, 3.63) is 59.7 Å². The van der Waals surface area contributed by atoms with Crippen molar-refractivity contribution in [2.45, 2.75) is 13.0 Å². The SMILES string of the molecule is CN=C(NCCc1ccc(OC)cc1)NCc1cccc(OCC(N)=O)c1.I. The van der Waals surface area contributed by atoms with Crippen molar-refractivity contribution in [3.8, 4) is 11.5 Å². The Hall–Kier alpha value is -2.49. The zero-order valence-electron chi connectivity index (χ0n) is 16.1. The molecule has 2 rings (SSSR count). The third-order valence-corrected chi connectivity index (χ3v) is 3.83. The van der Waals surface area contributed by atoms with Gasteiger partial charge in [0.05, 0.1) is 7.11 Å². The quantitative estimate of drug-likeness (QED) is 0.280. The van der Waals surface area contributed by atoms with Gasteiger partial charge >= 0.3 is 0 Å². The monoisotopic (exact) mass is 498 g/mol. The van der Waals surface area contributed by atoms with Crippen LogP contribution < -0.4 is 25.8 Å². The highest BCUT2D eigenvalue weighted by Crippen LogP contribution is 2.13. The number of halogens is 1. The van der Waals surface area contributed by atoms with E-state index in [1.54, 1.807) is 20.2 Å². The van der Waals surface area contributed by atoms with E-state index in [-0.39, 0.29) is 30.6 Å². The van der Waals surface area contributed by atoms with E-state index in [1.807, 2.05) is 42.5 Å². The fraction of sp³-hybridized carbons (Fsp3) is 0.300. The molecule has 152 valence electrons. The number of nitrogens with zero attached hydrogens (tertiary/aromatic N) is 1. The molecule has 0 aromatic heterocycles. The first-order valence-electron chi connectivity index (χ1n) is 8.68. The Morgan fingerprint density at radius 3 is 2.46 bits per heavy atom. The highest BCUT2D eigenvalue weighted by atomic mass is 127. The Bertz CT molecular complexity index is 766. The highest BCUT2D eigenvalue weighted by Gasteiger charge is 2.02. The molecule has 0 aliphatic rings. The standard InChI is InChI=1S/C20H26N4O3.HI/c1-22-20(23-11-10-15-6-8-17(26-2)9-7-15)24-13-16-4-3-5-18(12-16)27-14-19(21)25;/h3-9,12H,10-11,13-14H2,1-2H3,(H2,21,25)(H2,22,23,24);1H. The molecule has 4 N–H and O–H groups in total. The van der Waals surface area contributed by atoms with Gasteiger partial charge in [0.15, 0.2) is 12.6 Å². The topological polar surface area (TPSA) is 98.0 Å². The zero-order valence-corrected chi connectivity index (χ0v) is 18.4. The molecule has 0 fully saturated rings. The summed E-state index contributed by atoms with van der Waals surface area (Å²) in [4.78, 5) is 15.0. The van der Waals surface area contributed by atoms with E-state index in [1.165, 1.54) is 5.56 Å². The van der Waals surface area contributed by atoms with Crippen LogP contribution >= 0.6 is 24.0 Å². The van der Waals surface area contributed by atoms with Gasteiger partial charge < -0.3 is 25.8 Å². The summed E-state index contributed by atoms with van der Waals surface area (Å²) in [5, 5.41) is 6.54. The van der Waals surface area contributed by atoms with E-state index in [0.717, 1.165) is 24.3 Å². The number of hydrogen-bond donors (Lipinski definition) is 3. The lowest BCUT2D eigenvalue weighted by Gasteiger charge is -2.13. The second-order valence-electron chi connectivity index (χ2n) is 5.85. The number of hydrogen-bond acceptors (Lipinski definition) is 4. The Morgan fingerprint density at radius 2 is 1.82 bits per heavy atom. The maximum Gasteiger partial charge on any atom is 0.255 e. The second kappa shape index (κ2) is 12.8. The Labute approximate surface area is 182 Å². The van der Waals surface area contributed by atoms with Crippen molar-refractivity contribution in [1.29, 1.82) is 0 Å². The molecule has 0 saturated carbocycles. The van der Waals surface area contributed by atoms with E-state index in [4.69, 9.17) is 15.2 Å². The van der Waals surface area contributed by atoms with Crippen molar-refractivity contribution in [2.75, 3.05) is 27.3 Å². The third kappa shape index (κ3) is 8.47. The van der Waals surface area contributed by atoms with Gasteiger partial charge in [0.2, 0.25) is 0 Å². The van der Waals surface area contributed by atoms with Gasteiger partial charge in [-0.25, -0.2) is 0 Å². The van der Waals surface area contributed by atoms with Crippen LogP contribution in [-0.2, 0) is 17.8 Å². The molecule has 8 heteroatoms. The van der Waals surface area contributed by atoms with Crippen LogP contribution in [0.15, 0.2) is 53.5 Å². The maximum absolute atomic E-state index is 10.8. The lowest BCUT2D eigenvalue weighted by molar-refractivity contribution is -0.119. The minimum absolute atomic E-state index is 0. The molecule has 0 aliphatic heterocycles. The fourth-order valence-electron chi connectivity index (χ4n) is 2.42. The average molecular weight is 498 g/mol. The first-order valence-corrected chi connectivity index (χ1v) is 8.68. The minimum atomic E-state index is -0.500. The number of rotatable bonds is 9. The van der Waals surface area contributed by atoms with E-state index in [0.29, 0.717) is 18.3 Å². The lowest BCUT2D eigenvalue weighted by Crippen LogP contribution is -2.37. The number of methoxy groups -OCH3 is 1. The Balaban J connectivity index is 0.00000392. The van der Waals surface area contributed by atoms with Crippen molar-refractivity contribution in [1.82, 2.24) is 10.6 Å². The summed E-state index contributed by atoms with van der Waals surface area (Å²) in [6.07, 6.45) is 0.876. The predicted octanol–water partition coefficient (Wildman–Crippen LogP) is 2.08. The van der Waals surface area contributed by atoms with Gasteiger partial charge in [0.25, 0.3) is 5.91 Å². The van der Waals surface area contributed by atoms with Crippen LogP contribution in [0.4, 0.5) is 0 Å². The Kier molecular flexibility index (Phi) is 10.8. The molecule has 28 heavy (non-hydrogen) atoms. The first kappa shape index (κ1) is 23.5. The number of benzene rings is 2. The normalized spacial score (nSPS) is 10.6. The number of carbonyl (C=O) groups is 1. The van der Waals surface area contributed by atoms with E-state index in [9.17, 15) is 4.79 Å². The molecule has 0 unspecified atom stereocenters. The van der Waals surface area contributed by atoms with Gasteiger partial charge in [-0.2, -0.15) is 0 Å². The van der Waals surface area contributed by atoms with Gasteiger partial charge in [-0.3, -0.25) is 9.79 Å². The van der Waals surface area contributed by atoms with Gasteiger partial charge in [0, 0.05) is 20.1 Å². The van der Waals surface area contributed by atoms with Crippen molar-refractivity contribution >= 4 is 35.8 Å². The van der Waals surface area contributed by atoms with E-state index < -0.39 is 5.91 Å². The molecule has 2 aromatic rings. The number of primary amides is 1. The second-order valence-corrected chi connectivity index (χ2v) is 5.85. The molecule has 0 atom stereocenters. The number of nitrogens with one attached hydrogen (secondary N) is 2. The predicted molar refractivity (Wildman–Crippen MR) is 121 cm³/mol. The number of amides is 1. The van der Waals surface area contributed by atoms with E-state index in [2.05, 4.69) is 15.6 Å². The van der Waals surface area contributed by atoms with Gasteiger partial charge in [0.1, 0.15) is 11.5 Å². The number of carbonyl (C=O) groups excluding carboxylic acids is 1. The van der Waals surface area contributed by atoms with Crippen molar-refractivity contribution in [2.24, 2.45) is 10.7 Å². The maximum atomic E-state index is 10.8. The smallest absolute Gasteiger partial charge is 0.255 e. The molecule has 1 amide bonds. The molecule has 0 aliphatic carbocycles. The number of ether oxygens (including phenoxy) is 2. The summed E-state index contributed by atoms with van der Waals surface area (Å²) < 4.78 is 10.5. The summed E-state index contributed by atoms with van der Waals surface area (Å²) in [5.74, 6) is 1.67. The molecule has 0 radical (unpaired) electrons. The number of nitrogens with two attached hydrogens (primary N) is 1. The molecule has 0 bridgehead atoms. The van der Waals surface area contributed by atoms with Crippen LogP contribution in [0.25, 0.3) is 0 Å². The molecule has 0 spiro atoms. The van der Waals surface area contributed by atoms with Crippen LogP contribution in [0.2, 0.25) is 0 Å². The summed E-state index contributed by atoms with van der Waals surface area (Å²) in [5.41, 5.74) is 7.32. The molecule has 0 saturated heterocycles. The molecular weight excluding hydrogens is 471 g/mol. The van der Waals surface area contributed by atoms with Crippen LogP contribution in [-0.4, -0.2) is 39.2 Å². The lowest BCUT2D eigenvalue weighted by atomic mass is 10.1. The van der Waals surface area contributed by atoms with Gasteiger partial charge in [-0.05, 0) is 41.8 Å². The summed E-state index contributed by atoms with van der Waals surface area (Å²) in [6, 6.07) is 15.5. The largest absolute Gasteiger partial charge is 0.497 e. The Morgan fingerprint density at radius 1 is 1.07 bits per heavy atom. The highest BCUT2D eigenvalue weighted by molar-refractivity contribution is 14.0. The molecule has 7 nitrogen and oxygen atoms in total.